The molecule has 1 N–H and O–H groups in total. The lowest BCUT2D eigenvalue weighted by Gasteiger charge is -2.22. The Morgan fingerprint density at radius 1 is 1.00 bits per heavy atom. The average Bonchev–Trinajstić information content (AvgIpc) is 2.66. The Labute approximate surface area is 172 Å². The van der Waals surface area contributed by atoms with E-state index in [0.29, 0.717) is 13.0 Å². The van der Waals surface area contributed by atoms with Crippen molar-refractivity contribution in [1.82, 2.24) is 5.32 Å². The van der Waals surface area contributed by atoms with Crippen molar-refractivity contribution in [2.24, 2.45) is 0 Å². The molecule has 0 saturated carbocycles. The molecule has 5 heteroatoms. The molecular weight excluding hydrogens is 366 g/mol. The standard InChI is InChI=1S/C24H29NO4/c1-5-28-22(26)16-15-21(25-23(27)29-24(2,3)4)17-18-11-13-20(14-12-18)19-9-7-6-8-10-19/h6-16,21H,5,17H2,1-4H3,(H,25,27)/b16-15+/t21-/m0/s1. The van der Waals surface area contributed by atoms with Crippen molar-refractivity contribution in [3.05, 3.63) is 72.3 Å². The molecule has 0 saturated heterocycles. The highest BCUT2D eigenvalue weighted by Crippen LogP contribution is 2.20. The number of benzene rings is 2. The quantitative estimate of drug-likeness (QED) is 0.534. The van der Waals surface area contributed by atoms with E-state index in [2.05, 4.69) is 17.4 Å². The van der Waals surface area contributed by atoms with Gasteiger partial charge in [0.1, 0.15) is 5.60 Å². The van der Waals surface area contributed by atoms with Gasteiger partial charge in [0.15, 0.2) is 0 Å². The van der Waals surface area contributed by atoms with Gasteiger partial charge < -0.3 is 14.8 Å². The van der Waals surface area contributed by atoms with E-state index in [1.807, 2.05) is 42.5 Å². The largest absolute Gasteiger partial charge is 0.463 e. The fourth-order valence-electron chi connectivity index (χ4n) is 2.73. The first-order valence-electron chi connectivity index (χ1n) is 9.75. The molecule has 0 aliphatic carbocycles. The lowest BCUT2D eigenvalue weighted by Crippen LogP contribution is -2.39. The second kappa shape index (κ2) is 10.5. The average molecular weight is 395 g/mol. The van der Waals surface area contributed by atoms with E-state index >= 15 is 0 Å². The molecule has 1 amide bonds. The van der Waals surface area contributed by atoms with Crippen LogP contribution in [0.25, 0.3) is 11.1 Å². The summed E-state index contributed by atoms with van der Waals surface area (Å²) in [5.74, 6) is -0.442. The van der Waals surface area contributed by atoms with Crippen molar-refractivity contribution >= 4 is 12.1 Å². The van der Waals surface area contributed by atoms with Crippen LogP contribution in [0, 0.1) is 0 Å². The van der Waals surface area contributed by atoms with Gasteiger partial charge >= 0.3 is 12.1 Å². The predicted octanol–water partition coefficient (Wildman–Crippen LogP) is 4.91. The number of amides is 1. The monoisotopic (exact) mass is 395 g/mol. The molecule has 0 bridgehead atoms. The maximum Gasteiger partial charge on any atom is 0.408 e. The summed E-state index contributed by atoms with van der Waals surface area (Å²) >= 11 is 0. The van der Waals surface area contributed by atoms with Crippen molar-refractivity contribution in [2.45, 2.75) is 45.8 Å². The number of nitrogens with one attached hydrogen (secondary N) is 1. The lowest BCUT2D eigenvalue weighted by molar-refractivity contribution is -0.137. The van der Waals surface area contributed by atoms with Gasteiger partial charge in [0.2, 0.25) is 0 Å². The predicted molar refractivity (Wildman–Crippen MR) is 115 cm³/mol. The van der Waals surface area contributed by atoms with Crippen LogP contribution in [-0.4, -0.2) is 30.3 Å². The zero-order chi connectivity index (χ0) is 21.3. The Kier molecular flexibility index (Phi) is 8.01. The van der Waals surface area contributed by atoms with Gasteiger partial charge in [0, 0.05) is 6.08 Å². The number of rotatable bonds is 7. The Morgan fingerprint density at radius 2 is 1.62 bits per heavy atom. The topological polar surface area (TPSA) is 64.6 Å². The fourth-order valence-corrected chi connectivity index (χ4v) is 2.73. The number of ether oxygens (including phenoxy) is 2. The van der Waals surface area contributed by atoms with Crippen LogP contribution >= 0.6 is 0 Å². The summed E-state index contributed by atoms with van der Waals surface area (Å²) in [7, 11) is 0. The molecule has 0 radical (unpaired) electrons. The van der Waals surface area contributed by atoms with Gasteiger partial charge in [-0.3, -0.25) is 0 Å². The van der Waals surface area contributed by atoms with E-state index < -0.39 is 23.7 Å². The molecule has 5 nitrogen and oxygen atoms in total. The van der Waals surface area contributed by atoms with E-state index in [-0.39, 0.29) is 0 Å². The minimum absolute atomic E-state index is 0.300. The normalized spacial score (nSPS) is 12.4. The third kappa shape index (κ3) is 8.21. The van der Waals surface area contributed by atoms with Crippen LogP contribution in [-0.2, 0) is 20.7 Å². The third-order valence-electron chi connectivity index (χ3n) is 3.97. The molecule has 154 valence electrons. The third-order valence-corrected chi connectivity index (χ3v) is 3.97. The molecule has 0 unspecified atom stereocenters. The van der Waals surface area contributed by atoms with Crippen LogP contribution in [0.4, 0.5) is 4.79 Å². The summed E-state index contributed by atoms with van der Waals surface area (Å²) in [4.78, 5) is 23.8. The summed E-state index contributed by atoms with van der Waals surface area (Å²) in [5.41, 5.74) is 2.69. The van der Waals surface area contributed by atoms with Gasteiger partial charge in [-0.15, -0.1) is 0 Å². The second-order valence-electron chi connectivity index (χ2n) is 7.63. The van der Waals surface area contributed by atoms with E-state index in [1.165, 1.54) is 6.08 Å². The maximum atomic E-state index is 12.2. The SMILES string of the molecule is CCOC(=O)/C=C/[C@@H](Cc1ccc(-c2ccccc2)cc1)NC(=O)OC(C)(C)C. The highest BCUT2D eigenvalue weighted by Gasteiger charge is 2.19. The molecule has 2 aromatic carbocycles. The minimum Gasteiger partial charge on any atom is -0.463 e. The van der Waals surface area contributed by atoms with Crippen LogP contribution < -0.4 is 5.32 Å². The van der Waals surface area contributed by atoms with Gasteiger partial charge in [0.25, 0.3) is 0 Å². The van der Waals surface area contributed by atoms with Gasteiger partial charge in [-0.25, -0.2) is 9.59 Å². The molecule has 0 heterocycles. The number of hydrogen-bond donors (Lipinski definition) is 1. The van der Waals surface area contributed by atoms with Crippen molar-refractivity contribution in [2.75, 3.05) is 6.61 Å². The second-order valence-corrected chi connectivity index (χ2v) is 7.63. The molecular formula is C24H29NO4. The minimum atomic E-state index is -0.600. The molecule has 0 aliphatic heterocycles. The molecule has 29 heavy (non-hydrogen) atoms. The summed E-state index contributed by atoms with van der Waals surface area (Å²) < 4.78 is 10.3. The molecule has 0 fully saturated rings. The Hall–Kier alpha value is -3.08. The Morgan fingerprint density at radius 3 is 2.21 bits per heavy atom. The van der Waals surface area contributed by atoms with Crippen molar-refractivity contribution in [3.8, 4) is 11.1 Å². The highest BCUT2D eigenvalue weighted by molar-refractivity contribution is 5.82. The summed E-state index contributed by atoms with van der Waals surface area (Å²) in [6.45, 7) is 7.46. The lowest BCUT2D eigenvalue weighted by atomic mass is 10.0. The fraction of sp³-hybridized carbons (Fsp3) is 0.333. The smallest absolute Gasteiger partial charge is 0.408 e. The van der Waals surface area contributed by atoms with Crippen LogP contribution in [0.5, 0.6) is 0 Å². The highest BCUT2D eigenvalue weighted by atomic mass is 16.6. The van der Waals surface area contributed by atoms with Gasteiger partial charge in [-0.05, 0) is 50.8 Å². The molecule has 0 aliphatic rings. The number of esters is 1. The van der Waals surface area contributed by atoms with Gasteiger partial charge in [0.05, 0.1) is 12.6 Å². The molecule has 0 aromatic heterocycles. The zero-order valence-electron chi connectivity index (χ0n) is 17.5. The summed E-state index contributed by atoms with van der Waals surface area (Å²) in [5, 5.41) is 2.81. The summed E-state index contributed by atoms with van der Waals surface area (Å²) in [6, 6.07) is 17.8. The molecule has 1 atom stereocenters. The first-order valence-corrected chi connectivity index (χ1v) is 9.75. The number of hydrogen-bond acceptors (Lipinski definition) is 4. The van der Waals surface area contributed by atoms with E-state index in [1.54, 1.807) is 33.8 Å². The number of carbonyl (C=O) groups excluding carboxylic acids is 2. The van der Waals surface area contributed by atoms with Crippen LogP contribution in [0.15, 0.2) is 66.7 Å². The Bertz CT molecular complexity index is 820. The van der Waals surface area contributed by atoms with E-state index in [9.17, 15) is 9.59 Å². The van der Waals surface area contributed by atoms with E-state index in [4.69, 9.17) is 9.47 Å². The summed E-state index contributed by atoms with van der Waals surface area (Å²) in [6.07, 6.45) is 2.96. The number of alkyl carbamates (subject to hydrolysis) is 1. The first kappa shape index (κ1) is 22.2. The van der Waals surface area contributed by atoms with Crippen LogP contribution in [0.3, 0.4) is 0 Å². The first-order chi connectivity index (χ1) is 13.8. The zero-order valence-corrected chi connectivity index (χ0v) is 17.5. The van der Waals surface area contributed by atoms with Gasteiger partial charge in [-0.1, -0.05) is 60.7 Å². The van der Waals surface area contributed by atoms with Crippen molar-refractivity contribution in [1.29, 1.82) is 0 Å². The maximum absolute atomic E-state index is 12.2. The van der Waals surface area contributed by atoms with Crippen LogP contribution in [0.2, 0.25) is 0 Å². The molecule has 0 spiro atoms. The van der Waals surface area contributed by atoms with Crippen molar-refractivity contribution in [3.63, 3.8) is 0 Å². The van der Waals surface area contributed by atoms with Gasteiger partial charge in [-0.2, -0.15) is 0 Å². The van der Waals surface area contributed by atoms with Crippen molar-refractivity contribution < 1.29 is 19.1 Å². The van der Waals surface area contributed by atoms with Crippen LogP contribution in [0.1, 0.15) is 33.3 Å². The number of carbonyl (C=O) groups is 2. The molecule has 2 rings (SSSR count). The van der Waals surface area contributed by atoms with E-state index in [0.717, 1.165) is 16.7 Å². The Balaban J connectivity index is 2.11. The molecule has 2 aromatic rings.